The summed E-state index contributed by atoms with van der Waals surface area (Å²) >= 11 is 0. The molecule has 0 unspecified atom stereocenters. The SMILES string of the molecule is COC(=O)c1ccc(-c2ccc(-c3nc(-c4ccc(-c5ccc(C(=O)OC)cc5)cc4)nc(-c4ccc(-c5ccc(C(=O)OC)cc5)c(N)c4)n3)cc2)cc1. The number of nitrogens with two attached hydrogens (primary N) is 1. The van der Waals surface area contributed by atoms with Crippen molar-refractivity contribution in [3.05, 3.63) is 156 Å². The van der Waals surface area contributed by atoms with E-state index >= 15 is 0 Å². The highest BCUT2D eigenvalue weighted by atomic mass is 16.5. The molecule has 0 aliphatic heterocycles. The average Bonchev–Trinajstić information content (AvgIpc) is 3.25. The Labute approximate surface area is 317 Å². The van der Waals surface area contributed by atoms with Gasteiger partial charge in [0.15, 0.2) is 17.5 Å². The van der Waals surface area contributed by atoms with E-state index in [0.717, 1.165) is 44.5 Å². The molecule has 0 radical (unpaired) electrons. The maximum Gasteiger partial charge on any atom is 0.337 e. The Hall–Kier alpha value is -7.46. The summed E-state index contributed by atoms with van der Waals surface area (Å²) in [5.41, 5.74) is 16.2. The summed E-state index contributed by atoms with van der Waals surface area (Å²) in [6.45, 7) is 0. The van der Waals surface area contributed by atoms with Gasteiger partial charge >= 0.3 is 17.9 Å². The quantitative estimate of drug-likeness (QED) is 0.0871. The summed E-state index contributed by atoms with van der Waals surface area (Å²) in [5.74, 6) is 0.177. The normalized spacial score (nSPS) is 10.7. The van der Waals surface area contributed by atoms with E-state index in [1.807, 2.05) is 103 Å². The molecule has 0 saturated heterocycles. The van der Waals surface area contributed by atoms with Gasteiger partial charge in [-0.2, -0.15) is 0 Å². The molecular formula is C45H34N4O6. The fraction of sp³-hybridized carbons (Fsp3) is 0.0667. The summed E-state index contributed by atoms with van der Waals surface area (Å²) in [7, 11) is 4.06. The van der Waals surface area contributed by atoms with Crippen LogP contribution in [-0.2, 0) is 14.2 Å². The van der Waals surface area contributed by atoms with Crippen LogP contribution in [0.3, 0.4) is 0 Å². The van der Waals surface area contributed by atoms with Crippen molar-refractivity contribution in [2.75, 3.05) is 27.1 Å². The molecule has 0 atom stereocenters. The van der Waals surface area contributed by atoms with Crippen LogP contribution in [0.4, 0.5) is 5.69 Å². The van der Waals surface area contributed by atoms with E-state index in [1.54, 1.807) is 36.4 Å². The minimum Gasteiger partial charge on any atom is -0.465 e. The van der Waals surface area contributed by atoms with Crippen molar-refractivity contribution >= 4 is 23.6 Å². The summed E-state index contributed by atoms with van der Waals surface area (Å²) in [6.07, 6.45) is 0. The second-order valence-corrected chi connectivity index (χ2v) is 12.5. The molecule has 0 spiro atoms. The Kier molecular flexibility index (Phi) is 10.2. The van der Waals surface area contributed by atoms with Crippen LogP contribution in [0, 0.1) is 0 Å². The lowest BCUT2D eigenvalue weighted by Crippen LogP contribution is -2.02. The number of nitrogens with zero attached hydrogens (tertiary/aromatic N) is 3. The zero-order chi connectivity index (χ0) is 38.5. The molecule has 10 nitrogen and oxygen atoms in total. The van der Waals surface area contributed by atoms with Crippen LogP contribution in [0.2, 0.25) is 0 Å². The maximum atomic E-state index is 11.9. The highest BCUT2D eigenvalue weighted by Gasteiger charge is 2.16. The summed E-state index contributed by atoms with van der Waals surface area (Å²) in [5, 5.41) is 0. The third-order valence-corrected chi connectivity index (χ3v) is 9.13. The van der Waals surface area contributed by atoms with Gasteiger partial charge in [-0.3, -0.25) is 0 Å². The van der Waals surface area contributed by atoms with E-state index in [1.165, 1.54) is 21.3 Å². The van der Waals surface area contributed by atoms with E-state index in [2.05, 4.69) is 0 Å². The van der Waals surface area contributed by atoms with Crippen LogP contribution in [0.5, 0.6) is 0 Å². The van der Waals surface area contributed by atoms with E-state index in [9.17, 15) is 14.4 Å². The van der Waals surface area contributed by atoms with Gasteiger partial charge in [-0.1, -0.05) is 97.1 Å². The number of anilines is 1. The minimum absolute atomic E-state index is 0.391. The number of esters is 3. The Morgan fingerprint density at radius 2 is 0.655 bits per heavy atom. The molecule has 0 fully saturated rings. The monoisotopic (exact) mass is 726 g/mol. The second kappa shape index (κ2) is 15.6. The molecule has 0 saturated carbocycles. The third kappa shape index (κ3) is 7.69. The van der Waals surface area contributed by atoms with Gasteiger partial charge in [0.25, 0.3) is 0 Å². The molecule has 0 aliphatic carbocycles. The van der Waals surface area contributed by atoms with Crippen molar-refractivity contribution in [2.45, 2.75) is 0 Å². The van der Waals surface area contributed by atoms with Crippen LogP contribution in [0.25, 0.3) is 67.5 Å². The van der Waals surface area contributed by atoms with Crippen LogP contribution in [0.1, 0.15) is 31.1 Å². The molecule has 10 heteroatoms. The Bertz CT molecular complexity index is 2400. The van der Waals surface area contributed by atoms with Crippen LogP contribution in [-0.4, -0.2) is 54.2 Å². The van der Waals surface area contributed by atoms with Gasteiger partial charge in [0.1, 0.15) is 0 Å². The molecule has 1 heterocycles. The molecule has 55 heavy (non-hydrogen) atoms. The van der Waals surface area contributed by atoms with Crippen LogP contribution >= 0.6 is 0 Å². The van der Waals surface area contributed by atoms with Crippen molar-refractivity contribution in [2.24, 2.45) is 0 Å². The fourth-order valence-corrected chi connectivity index (χ4v) is 6.09. The third-order valence-electron chi connectivity index (χ3n) is 9.13. The summed E-state index contributed by atoms with van der Waals surface area (Å²) < 4.78 is 14.5. The highest BCUT2D eigenvalue weighted by molar-refractivity contribution is 5.92. The van der Waals surface area contributed by atoms with Crippen molar-refractivity contribution in [3.63, 3.8) is 0 Å². The lowest BCUT2D eigenvalue weighted by molar-refractivity contribution is 0.0592. The lowest BCUT2D eigenvalue weighted by Gasteiger charge is -2.12. The highest BCUT2D eigenvalue weighted by Crippen LogP contribution is 2.33. The molecule has 0 bridgehead atoms. The van der Waals surface area contributed by atoms with E-state index in [-0.39, 0.29) is 0 Å². The van der Waals surface area contributed by atoms with Gasteiger partial charge in [0.05, 0.1) is 38.0 Å². The van der Waals surface area contributed by atoms with Gasteiger partial charge in [-0.25, -0.2) is 29.3 Å². The average molecular weight is 727 g/mol. The maximum absolute atomic E-state index is 11.9. The number of methoxy groups -OCH3 is 3. The van der Waals surface area contributed by atoms with Crippen molar-refractivity contribution in [1.82, 2.24) is 15.0 Å². The molecule has 7 aromatic rings. The number of hydrogen-bond acceptors (Lipinski definition) is 10. The first-order valence-corrected chi connectivity index (χ1v) is 17.2. The van der Waals surface area contributed by atoms with Crippen LogP contribution in [0.15, 0.2) is 140 Å². The smallest absolute Gasteiger partial charge is 0.337 e. The first kappa shape index (κ1) is 35.9. The number of carbonyl (C=O) groups excluding carboxylic acids is 3. The second-order valence-electron chi connectivity index (χ2n) is 12.5. The Balaban J connectivity index is 1.24. The summed E-state index contributed by atoms with van der Waals surface area (Å²) in [4.78, 5) is 50.5. The first-order chi connectivity index (χ1) is 26.7. The van der Waals surface area contributed by atoms with Crippen LogP contribution < -0.4 is 5.73 Å². The van der Waals surface area contributed by atoms with Gasteiger partial charge in [0, 0.05) is 27.9 Å². The molecule has 270 valence electrons. The van der Waals surface area contributed by atoms with Gasteiger partial charge in [-0.05, 0) is 70.3 Å². The van der Waals surface area contributed by atoms with E-state index < -0.39 is 17.9 Å². The number of rotatable bonds is 9. The van der Waals surface area contributed by atoms with E-state index in [0.29, 0.717) is 45.4 Å². The number of carbonyl (C=O) groups is 3. The standard InChI is InChI=1S/C45H34N4O6/c1-53-43(50)34-18-8-29(9-19-34)27-4-14-32(15-5-27)40-47-41(33-16-6-28(7-17-33)30-10-20-35(21-11-30)44(51)54-2)49-42(48-40)37-24-25-38(39(46)26-37)31-12-22-36(23-13-31)45(52)55-3/h4-26H,46H2,1-3H3. The molecule has 6 aromatic carbocycles. The molecule has 1 aromatic heterocycles. The first-order valence-electron chi connectivity index (χ1n) is 17.2. The Morgan fingerprint density at radius 3 is 0.982 bits per heavy atom. The number of nitrogen functional groups attached to an aromatic ring is 1. The predicted octanol–water partition coefficient (Wildman–Crippen LogP) is 8.82. The van der Waals surface area contributed by atoms with Gasteiger partial charge < -0.3 is 19.9 Å². The number of ether oxygens (including phenoxy) is 3. The topological polar surface area (TPSA) is 144 Å². The largest absolute Gasteiger partial charge is 0.465 e. The number of benzene rings is 6. The zero-order valence-electron chi connectivity index (χ0n) is 30.1. The molecule has 2 N–H and O–H groups in total. The molecule has 0 amide bonds. The molecular weight excluding hydrogens is 693 g/mol. The molecule has 7 rings (SSSR count). The van der Waals surface area contributed by atoms with Gasteiger partial charge in [0.2, 0.25) is 0 Å². The molecule has 0 aliphatic rings. The minimum atomic E-state index is -0.413. The number of aromatic nitrogens is 3. The van der Waals surface area contributed by atoms with Crippen molar-refractivity contribution in [1.29, 1.82) is 0 Å². The van der Waals surface area contributed by atoms with Gasteiger partial charge in [-0.15, -0.1) is 0 Å². The Morgan fingerprint density at radius 1 is 0.382 bits per heavy atom. The lowest BCUT2D eigenvalue weighted by atomic mass is 10.00. The predicted molar refractivity (Wildman–Crippen MR) is 211 cm³/mol. The summed E-state index contributed by atoms with van der Waals surface area (Å²) in [6, 6.07) is 42.8. The van der Waals surface area contributed by atoms with E-state index in [4.69, 9.17) is 34.9 Å². The van der Waals surface area contributed by atoms with Crippen molar-refractivity contribution in [3.8, 4) is 67.5 Å². The number of hydrogen-bond donors (Lipinski definition) is 1. The fourth-order valence-electron chi connectivity index (χ4n) is 6.09. The van der Waals surface area contributed by atoms with Crippen molar-refractivity contribution < 1.29 is 28.6 Å². The zero-order valence-corrected chi connectivity index (χ0v) is 30.1.